The molecule has 1 aliphatic heterocycles. The summed E-state index contributed by atoms with van der Waals surface area (Å²) in [6, 6.07) is 9.71. The SMILES string of the molecule is CN=C(NCCOc1ccccc1C(C)C)NC1CCN(C2CC2)CC1. The maximum atomic E-state index is 5.98. The third-order valence-electron chi connectivity index (χ3n) is 5.35. The molecule has 0 radical (unpaired) electrons. The van der Waals surface area contributed by atoms with Gasteiger partial charge in [0, 0.05) is 32.2 Å². The van der Waals surface area contributed by atoms with Crippen LogP contribution in [-0.4, -0.2) is 56.2 Å². The van der Waals surface area contributed by atoms with Crippen molar-refractivity contribution in [2.45, 2.75) is 57.5 Å². The second-order valence-corrected chi connectivity index (χ2v) is 7.73. The Balaban J connectivity index is 1.37. The van der Waals surface area contributed by atoms with Gasteiger partial charge in [0.2, 0.25) is 0 Å². The van der Waals surface area contributed by atoms with Crippen LogP contribution in [0, 0.1) is 0 Å². The number of para-hydroxylation sites is 1. The number of likely N-dealkylation sites (tertiary alicyclic amines) is 1. The van der Waals surface area contributed by atoms with Crippen LogP contribution in [0.25, 0.3) is 0 Å². The van der Waals surface area contributed by atoms with E-state index < -0.39 is 0 Å². The molecular formula is C21H34N4O. The normalized spacial score (nSPS) is 19.6. The van der Waals surface area contributed by atoms with Crippen LogP contribution in [0.2, 0.25) is 0 Å². The molecule has 1 heterocycles. The summed E-state index contributed by atoms with van der Waals surface area (Å²) in [6.07, 6.45) is 5.22. The number of aliphatic imine (C=N–C) groups is 1. The van der Waals surface area contributed by atoms with E-state index >= 15 is 0 Å². The van der Waals surface area contributed by atoms with Gasteiger partial charge in [-0.15, -0.1) is 0 Å². The second kappa shape index (κ2) is 9.26. The average molecular weight is 359 g/mol. The zero-order valence-electron chi connectivity index (χ0n) is 16.5. The molecule has 1 aromatic carbocycles. The Morgan fingerprint density at radius 3 is 2.58 bits per heavy atom. The van der Waals surface area contributed by atoms with Crippen LogP contribution in [0.4, 0.5) is 0 Å². The molecule has 5 nitrogen and oxygen atoms in total. The van der Waals surface area contributed by atoms with Crippen molar-refractivity contribution in [3.05, 3.63) is 29.8 Å². The Morgan fingerprint density at radius 2 is 1.92 bits per heavy atom. The van der Waals surface area contributed by atoms with Crippen LogP contribution in [0.3, 0.4) is 0 Å². The Morgan fingerprint density at radius 1 is 1.19 bits per heavy atom. The van der Waals surface area contributed by atoms with Crippen LogP contribution in [-0.2, 0) is 0 Å². The van der Waals surface area contributed by atoms with Gasteiger partial charge in [0.1, 0.15) is 12.4 Å². The highest BCUT2D eigenvalue weighted by Crippen LogP contribution is 2.29. The minimum absolute atomic E-state index is 0.468. The number of rotatable bonds is 7. The van der Waals surface area contributed by atoms with Crippen LogP contribution in [0.1, 0.15) is 51.0 Å². The monoisotopic (exact) mass is 358 g/mol. The van der Waals surface area contributed by atoms with E-state index in [1.165, 1.54) is 44.3 Å². The Labute approximate surface area is 158 Å². The molecule has 1 saturated carbocycles. The van der Waals surface area contributed by atoms with Crippen molar-refractivity contribution >= 4 is 5.96 Å². The van der Waals surface area contributed by atoms with Crippen molar-refractivity contribution in [3.8, 4) is 5.75 Å². The van der Waals surface area contributed by atoms with E-state index in [2.05, 4.69) is 52.6 Å². The number of nitrogens with zero attached hydrogens (tertiary/aromatic N) is 2. The first kappa shape index (κ1) is 19.0. The molecule has 3 rings (SSSR count). The molecule has 0 atom stereocenters. The van der Waals surface area contributed by atoms with Gasteiger partial charge < -0.3 is 20.3 Å². The highest BCUT2D eigenvalue weighted by Gasteiger charge is 2.31. The Hall–Kier alpha value is -1.75. The maximum absolute atomic E-state index is 5.98. The smallest absolute Gasteiger partial charge is 0.191 e. The molecule has 0 bridgehead atoms. The quantitative estimate of drug-likeness (QED) is 0.447. The molecule has 144 valence electrons. The van der Waals surface area contributed by atoms with E-state index in [0.29, 0.717) is 18.6 Å². The molecule has 0 spiro atoms. The van der Waals surface area contributed by atoms with Gasteiger partial charge in [-0.3, -0.25) is 4.99 Å². The second-order valence-electron chi connectivity index (χ2n) is 7.73. The summed E-state index contributed by atoms with van der Waals surface area (Å²) < 4.78 is 5.98. The molecule has 1 aliphatic carbocycles. The lowest BCUT2D eigenvalue weighted by atomic mass is 10.0. The van der Waals surface area contributed by atoms with Gasteiger partial charge in [-0.05, 0) is 43.2 Å². The molecule has 2 N–H and O–H groups in total. The van der Waals surface area contributed by atoms with Gasteiger partial charge in [0.05, 0.1) is 6.54 Å². The molecule has 2 fully saturated rings. The fourth-order valence-corrected chi connectivity index (χ4v) is 3.66. The molecule has 1 saturated heterocycles. The van der Waals surface area contributed by atoms with Crippen molar-refractivity contribution in [2.75, 3.05) is 33.3 Å². The van der Waals surface area contributed by atoms with Gasteiger partial charge in [0.25, 0.3) is 0 Å². The van der Waals surface area contributed by atoms with Gasteiger partial charge in [-0.1, -0.05) is 32.0 Å². The standard InChI is InChI=1S/C21H34N4O/c1-16(2)19-6-4-5-7-20(19)26-15-12-23-21(22-3)24-17-10-13-25(14-11-17)18-8-9-18/h4-7,16-18H,8-15H2,1-3H3,(H2,22,23,24). The molecule has 0 amide bonds. The first-order valence-electron chi connectivity index (χ1n) is 10.1. The molecule has 0 aromatic heterocycles. The largest absolute Gasteiger partial charge is 0.491 e. The molecular weight excluding hydrogens is 324 g/mol. The zero-order valence-corrected chi connectivity index (χ0v) is 16.5. The third kappa shape index (κ3) is 5.37. The van der Waals surface area contributed by atoms with Crippen molar-refractivity contribution < 1.29 is 4.74 Å². The number of hydrogen-bond acceptors (Lipinski definition) is 3. The minimum atomic E-state index is 0.468. The van der Waals surface area contributed by atoms with Gasteiger partial charge >= 0.3 is 0 Å². The molecule has 0 unspecified atom stereocenters. The molecule has 5 heteroatoms. The summed E-state index contributed by atoms with van der Waals surface area (Å²) in [4.78, 5) is 7.01. The van der Waals surface area contributed by atoms with Crippen LogP contribution in [0.15, 0.2) is 29.3 Å². The Bertz CT molecular complexity index is 589. The van der Waals surface area contributed by atoms with E-state index in [1.807, 2.05) is 13.1 Å². The lowest BCUT2D eigenvalue weighted by Gasteiger charge is -2.33. The van der Waals surface area contributed by atoms with Crippen molar-refractivity contribution in [2.24, 2.45) is 4.99 Å². The number of piperidine rings is 1. The number of ether oxygens (including phenoxy) is 1. The molecule has 26 heavy (non-hydrogen) atoms. The van der Waals surface area contributed by atoms with Crippen molar-refractivity contribution in [1.82, 2.24) is 15.5 Å². The highest BCUT2D eigenvalue weighted by molar-refractivity contribution is 5.79. The maximum Gasteiger partial charge on any atom is 0.191 e. The van der Waals surface area contributed by atoms with Crippen LogP contribution in [0.5, 0.6) is 5.75 Å². The average Bonchev–Trinajstić information content (AvgIpc) is 3.50. The van der Waals surface area contributed by atoms with Crippen LogP contribution < -0.4 is 15.4 Å². The van der Waals surface area contributed by atoms with E-state index in [0.717, 1.165) is 24.3 Å². The summed E-state index contributed by atoms with van der Waals surface area (Å²) in [5.74, 6) is 2.34. The summed E-state index contributed by atoms with van der Waals surface area (Å²) in [5.41, 5.74) is 1.26. The predicted octanol–water partition coefficient (Wildman–Crippen LogP) is 2.98. The third-order valence-corrected chi connectivity index (χ3v) is 5.35. The van der Waals surface area contributed by atoms with Crippen molar-refractivity contribution in [3.63, 3.8) is 0 Å². The van der Waals surface area contributed by atoms with Gasteiger partial charge in [-0.2, -0.15) is 0 Å². The van der Waals surface area contributed by atoms with E-state index in [1.54, 1.807) is 0 Å². The summed E-state index contributed by atoms with van der Waals surface area (Å²) in [5, 5.41) is 6.95. The summed E-state index contributed by atoms with van der Waals surface area (Å²) in [7, 11) is 1.84. The number of hydrogen-bond donors (Lipinski definition) is 2. The molecule has 1 aromatic rings. The number of benzene rings is 1. The fraction of sp³-hybridized carbons (Fsp3) is 0.667. The van der Waals surface area contributed by atoms with E-state index in [4.69, 9.17) is 4.74 Å². The number of nitrogens with one attached hydrogen (secondary N) is 2. The minimum Gasteiger partial charge on any atom is -0.491 e. The number of guanidine groups is 1. The summed E-state index contributed by atoms with van der Waals surface area (Å²) in [6.45, 7) is 8.20. The van der Waals surface area contributed by atoms with E-state index in [9.17, 15) is 0 Å². The molecule has 2 aliphatic rings. The summed E-state index contributed by atoms with van der Waals surface area (Å²) >= 11 is 0. The van der Waals surface area contributed by atoms with Crippen molar-refractivity contribution in [1.29, 1.82) is 0 Å². The topological polar surface area (TPSA) is 48.9 Å². The zero-order chi connectivity index (χ0) is 18.4. The highest BCUT2D eigenvalue weighted by atomic mass is 16.5. The van der Waals surface area contributed by atoms with Gasteiger partial charge in [0.15, 0.2) is 5.96 Å². The first-order valence-corrected chi connectivity index (χ1v) is 10.1. The van der Waals surface area contributed by atoms with Gasteiger partial charge in [-0.25, -0.2) is 0 Å². The first-order chi connectivity index (χ1) is 12.7. The van der Waals surface area contributed by atoms with E-state index in [-0.39, 0.29) is 0 Å². The Kier molecular flexibility index (Phi) is 6.78. The predicted molar refractivity (Wildman–Crippen MR) is 108 cm³/mol. The fourth-order valence-electron chi connectivity index (χ4n) is 3.66. The van der Waals surface area contributed by atoms with Crippen LogP contribution >= 0.6 is 0 Å². The lowest BCUT2D eigenvalue weighted by molar-refractivity contribution is 0.197. The lowest BCUT2D eigenvalue weighted by Crippen LogP contribution is -2.49.